The predicted molar refractivity (Wildman–Crippen MR) is 137 cm³/mol. The molecule has 0 unspecified atom stereocenters. The van der Waals surface area contributed by atoms with Crippen molar-refractivity contribution in [2.24, 2.45) is 0 Å². The van der Waals surface area contributed by atoms with Crippen LogP contribution in [0.3, 0.4) is 0 Å². The fraction of sp³-hybridized carbons (Fsp3) is 0.111. The Kier molecular flexibility index (Phi) is 6.25. The third kappa shape index (κ3) is 5.15. The summed E-state index contributed by atoms with van der Waals surface area (Å²) in [5.41, 5.74) is 0. The second kappa shape index (κ2) is 9.10. The first-order valence-corrected chi connectivity index (χ1v) is 14.2. The molecule has 32 heavy (non-hydrogen) atoms. The molecule has 162 valence electrons. The minimum atomic E-state index is -2.25. The van der Waals surface area contributed by atoms with Crippen molar-refractivity contribution in [3.63, 3.8) is 0 Å². The molecule has 4 aromatic rings. The van der Waals surface area contributed by atoms with E-state index in [1.165, 1.54) is 10.6 Å². The van der Waals surface area contributed by atoms with Crippen LogP contribution in [0.1, 0.15) is 0 Å². The summed E-state index contributed by atoms with van der Waals surface area (Å²) >= 11 is 0. The Labute approximate surface area is 191 Å². The topological polar surface area (TPSA) is 27.7 Å². The van der Waals surface area contributed by atoms with Gasteiger partial charge in [-0.3, -0.25) is 0 Å². The van der Waals surface area contributed by atoms with Gasteiger partial charge in [0, 0.05) is 0 Å². The van der Waals surface area contributed by atoms with Crippen LogP contribution in [0.25, 0.3) is 0 Å². The zero-order valence-electron chi connectivity index (χ0n) is 18.7. The van der Waals surface area contributed by atoms with Crippen molar-refractivity contribution >= 4 is 24.5 Å². The molecule has 3 nitrogen and oxygen atoms in total. The van der Waals surface area contributed by atoms with Gasteiger partial charge in [0.15, 0.2) is 0 Å². The van der Waals surface area contributed by atoms with Gasteiger partial charge in [-0.05, 0) is 0 Å². The monoisotopic (exact) mass is 442 g/mol. The first kappa shape index (κ1) is 22.0. The average molecular weight is 442 g/mol. The molecule has 4 rings (SSSR count). The summed E-state index contributed by atoms with van der Waals surface area (Å²) in [6, 6.07) is 38.1. The van der Waals surface area contributed by atoms with E-state index >= 15 is 0 Å². The Bertz CT molecular complexity index is 1080. The minimum absolute atomic E-state index is 0.676. The van der Waals surface area contributed by atoms with E-state index in [-0.39, 0.29) is 0 Å². The molecule has 0 aliphatic carbocycles. The van der Waals surface area contributed by atoms with E-state index in [1.54, 1.807) is 0 Å². The SMILES string of the molecule is CP(C)(C)(c1ccccc1)c1ccc(OB(Oc2ccccc2)Oc2ccccc2)cc1. The number of benzene rings is 4. The van der Waals surface area contributed by atoms with Crippen LogP contribution in [-0.4, -0.2) is 27.3 Å². The predicted octanol–water partition coefficient (Wildman–Crippen LogP) is 5.60. The molecule has 0 saturated carbocycles. The molecule has 0 saturated heterocycles. The van der Waals surface area contributed by atoms with E-state index < -0.39 is 13.9 Å². The number of para-hydroxylation sites is 2. The Balaban J connectivity index is 1.56. The van der Waals surface area contributed by atoms with Gasteiger partial charge in [0.2, 0.25) is 0 Å². The van der Waals surface area contributed by atoms with Crippen LogP contribution in [0.15, 0.2) is 115 Å². The van der Waals surface area contributed by atoms with Crippen LogP contribution in [0.2, 0.25) is 0 Å². The summed E-state index contributed by atoms with van der Waals surface area (Å²) in [5, 5.41) is 2.70. The van der Waals surface area contributed by atoms with Gasteiger partial charge in [-0.15, -0.1) is 0 Å². The normalized spacial score (nSPS) is 12.3. The van der Waals surface area contributed by atoms with E-state index in [4.69, 9.17) is 14.0 Å². The molecule has 0 heterocycles. The molecule has 0 aromatic heterocycles. The Morgan fingerprint density at radius 2 is 0.781 bits per heavy atom. The van der Waals surface area contributed by atoms with Gasteiger partial charge >= 0.3 is 191 Å². The zero-order valence-corrected chi connectivity index (χ0v) is 19.6. The quantitative estimate of drug-likeness (QED) is 0.263. The summed E-state index contributed by atoms with van der Waals surface area (Å²) in [7, 11) is -0.917. The first-order valence-electron chi connectivity index (χ1n) is 10.7. The molecule has 0 atom stereocenters. The molecule has 0 bridgehead atoms. The van der Waals surface area contributed by atoms with Gasteiger partial charge in [0.05, 0.1) is 0 Å². The van der Waals surface area contributed by atoms with E-state index in [0.717, 1.165) is 0 Å². The molecular formula is C27H28BO3P. The fourth-order valence-corrected chi connectivity index (χ4v) is 6.26. The fourth-order valence-electron chi connectivity index (χ4n) is 3.55. The maximum absolute atomic E-state index is 6.10. The molecule has 0 fully saturated rings. The van der Waals surface area contributed by atoms with Gasteiger partial charge in [-0.2, -0.15) is 0 Å². The maximum atomic E-state index is 6.10. The Morgan fingerprint density at radius 3 is 1.22 bits per heavy atom. The van der Waals surface area contributed by atoms with Crippen LogP contribution in [0, 0.1) is 0 Å². The van der Waals surface area contributed by atoms with Gasteiger partial charge in [0.25, 0.3) is 0 Å². The van der Waals surface area contributed by atoms with Crippen LogP contribution < -0.4 is 24.6 Å². The van der Waals surface area contributed by atoms with Crippen molar-refractivity contribution in [1.82, 2.24) is 0 Å². The van der Waals surface area contributed by atoms with E-state index in [1.807, 2.05) is 72.8 Å². The van der Waals surface area contributed by atoms with E-state index in [2.05, 4.69) is 62.5 Å². The van der Waals surface area contributed by atoms with Gasteiger partial charge < -0.3 is 0 Å². The van der Waals surface area contributed by atoms with Crippen LogP contribution in [-0.2, 0) is 0 Å². The molecule has 5 heteroatoms. The van der Waals surface area contributed by atoms with Crippen LogP contribution in [0.5, 0.6) is 17.2 Å². The summed E-state index contributed by atoms with van der Waals surface area (Å²) in [5.74, 6) is 2.04. The second-order valence-electron chi connectivity index (χ2n) is 8.89. The van der Waals surface area contributed by atoms with Crippen molar-refractivity contribution in [3.8, 4) is 17.2 Å². The van der Waals surface area contributed by atoms with Crippen LogP contribution >= 0.6 is 6.60 Å². The number of hydrogen-bond acceptors (Lipinski definition) is 3. The van der Waals surface area contributed by atoms with E-state index in [9.17, 15) is 0 Å². The molecule has 0 radical (unpaired) electrons. The van der Waals surface area contributed by atoms with Gasteiger partial charge in [-0.25, -0.2) is 0 Å². The molecule has 0 N–H and O–H groups in total. The van der Waals surface area contributed by atoms with Crippen molar-refractivity contribution in [3.05, 3.63) is 115 Å². The van der Waals surface area contributed by atoms with Crippen molar-refractivity contribution < 1.29 is 14.0 Å². The van der Waals surface area contributed by atoms with Crippen LogP contribution in [0.4, 0.5) is 0 Å². The third-order valence-electron chi connectivity index (χ3n) is 5.58. The van der Waals surface area contributed by atoms with Crippen molar-refractivity contribution in [2.45, 2.75) is 0 Å². The standard InChI is InChI=1S/C27H28BO3P/c1-32(2,3,26-17-11-6-12-18-26)27-21-19-25(20-22-27)31-28(29-23-13-7-4-8-14-23)30-24-15-9-5-10-16-24/h4-22H,1-3H3. The second-order valence-corrected chi connectivity index (χ2v) is 15.5. The van der Waals surface area contributed by atoms with Gasteiger partial charge in [0.1, 0.15) is 0 Å². The molecule has 4 aromatic carbocycles. The average Bonchev–Trinajstić information content (AvgIpc) is 2.81. The summed E-state index contributed by atoms with van der Waals surface area (Å²) in [6.45, 7) is 4.87. The molecule has 0 spiro atoms. The number of hydrogen-bond donors (Lipinski definition) is 0. The summed E-state index contributed by atoms with van der Waals surface area (Å²) in [6.07, 6.45) is 0. The van der Waals surface area contributed by atoms with Gasteiger partial charge in [-0.1, -0.05) is 0 Å². The molecule has 0 amide bonds. The van der Waals surface area contributed by atoms with Crippen molar-refractivity contribution in [1.29, 1.82) is 0 Å². The summed E-state index contributed by atoms with van der Waals surface area (Å²) < 4.78 is 18.0. The summed E-state index contributed by atoms with van der Waals surface area (Å²) in [4.78, 5) is 0. The Hall–Kier alpha value is -3.23. The Morgan fingerprint density at radius 1 is 0.438 bits per heavy atom. The molecular weight excluding hydrogens is 414 g/mol. The van der Waals surface area contributed by atoms with Crippen molar-refractivity contribution in [2.75, 3.05) is 20.0 Å². The molecule has 0 aliphatic rings. The first-order chi connectivity index (χ1) is 15.4. The molecule has 0 aliphatic heterocycles. The third-order valence-corrected chi connectivity index (χ3v) is 9.79. The zero-order chi connectivity index (χ0) is 22.5. The van der Waals surface area contributed by atoms with E-state index in [0.29, 0.717) is 17.2 Å². The number of rotatable bonds is 8.